The number of carbonyl (C=O) groups excluding carboxylic acids is 1. The van der Waals surface area contributed by atoms with Crippen LogP contribution in [0.2, 0.25) is 0 Å². The second-order valence-corrected chi connectivity index (χ2v) is 4.09. The summed E-state index contributed by atoms with van der Waals surface area (Å²) in [5, 5.41) is 0. The molecule has 0 saturated carbocycles. The molecule has 0 aliphatic rings. The lowest BCUT2D eigenvalue weighted by Gasteiger charge is -2.18. The highest BCUT2D eigenvalue weighted by Crippen LogP contribution is 2.15. The lowest BCUT2D eigenvalue weighted by molar-refractivity contribution is 0.0773. The third kappa shape index (κ3) is 4.82. The maximum absolute atomic E-state index is 11.9. The Morgan fingerprint density at radius 2 is 1.59 bits per heavy atom. The number of thioether (sulfide) groups is 1. The van der Waals surface area contributed by atoms with Crippen molar-refractivity contribution in [2.75, 3.05) is 19.3 Å². The smallest absolute Gasteiger partial charge is 0.253 e. The highest BCUT2D eigenvalue weighted by Gasteiger charge is 2.11. The fraction of sp³-hybridized carbons (Fsp3) is 0.500. The maximum Gasteiger partial charge on any atom is 0.253 e. The van der Waals surface area contributed by atoms with Crippen LogP contribution in [0, 0.1) is 0 Å². The molecule has 0 fully saturated rings. The highest BCUT2D eigenvalue weighted by molar-refractivity contribution is 7.98. The van der Waals surface area contributed by atoms with Crippen LogP contribution in [0.1, 0.15) is 38.1 Å². The molecule has 17 heavy (non-hydrogen) atoms. The van der Waals surface area contributed by atoms with Crippen LogP contribution in [0.4, 0.5) is 0 Å². The summed E-state index contributed by atoms with van der Waals surface area (Å²) >= 11 is 1.68. The third-order valence-electron chi connectivity index (χ3n) is 2.39. The Hall–Kier alpha value is -0.960. The number of carbonyl (C=O) groups is 1. The van der Waals surface area contributed by atoms with E-state index in [-0.39, 0.29) is 5.91 Å². The topological polar surface area (TPSA) is 20.3 Å². The van der Waals surface area contributed by atoms with E-state index in [2.05, 4.69) is 0 Å². The van der Waals surface area contributed by atoms with Crippen molar-refractivity contribution in [3.05, 3.63) is 29.8 Å². The standard InChI is InChI=1S/C12H17NOS.C2H6/c1-4-13(5-2)12(14)10-6-8-11(15-3)9-7-10;1-2/h6-9H,4-5H2,1-3H3;1-2H3. The summed E-state index contributed by atoms with van der Waals surface area (Å²) in [6, 6.07) is 7.77. The zero-order chi connectivity index (χ0) is 13.3. The molecule has 1 rings (SSSR count). The van der Waals surface area contributed by atoms with Crippen LogP contribution in [0.25, 0.3) is 0 Å². The molecule has 0 aliphatic heterocycles. The molecule has 0 atom stereocenters. The Bertz CT molecular complexity index is 317. The van der Waals surface area contributed by atoms with Crippen LogP contribution in [0.15, 0.2) is 29.2 Å². The van der Waals surface area contributed by atoms with Gasteiger partial charge in [-0.1, -0.05) is 13.8 Å². The summed E-state index contributed by atoms with van der Waals surface area (Å²) in [6.07, 6.45) is 2.03. The van der Waals surface area contributed by atoms with Crippen molar-refractivity contribution in [1.82, 2.24) is 4.90 Å². The SMILES string of the molecule is CC.CCN(CC)C(=O)c1ccc(SC)cc1. The van der Waals surface area contributed by atoms with Gasteiger partial charge in [0.05, 0.1) is 0 Å². The van der Waals surface area contributed by atoms with Gasteiger partial charge in [-0.25, -0.2) is 0 Å². The fourth-order valence-corrected chi connectivity index (χ4v) is 1.84. The summed E-state index contributed by atoms with van der Waals surface area (Å²) in [4.78, 5) is 14.9. The molecule has 96 valence electrons. The van der Waals surface area contributed by atoms with Crippen molar-refractivity contribution in [2.24, 2.45) is 0 Å². The number of nitrogens with zero attached hydrogens (tertiary/aromatic N) is 1. The van der Waals surface area contributed by atoms with Crippen LogP contribution < -0.4 is 0 Å². The van der Waals surface area contributed by atoms with Gasteiger partial charge in [0.2, 0.25) is 0 Å². The van der Waals surface area contributed by atoms with E-state index in [1.807, 2.05) is 63.1 Å². The van der Waals surface area contributed by atoms with Crippen LogP contribution >= 0.6 is 11.8 Å². The average molecular weight is 253 g/mol. The monoisotopic (exact) mass is 253 g/mol. The van der Waals surface area contributed by atoms with Gasteiger partial charge in [0, 0.05) is 23.5 Å². The van der Waals surface area contributed by atoms with E-state index in [1.54, 1.807) is 11.8 Å². The molecule has 0 unspecified atom stereocenters. The molecule has 2 nitrogen and oxygen atoms in total. The van der Waals surface area contributed by atoms with Gasteiger partial charge in [0.25, 0.3) is 5.91 Å². The van der Waals surface area contributed by atoms with Crippen molar-refractivity contribution < 1.29 is 4.79 Å². The first-order valence-corrected chi connectivity index (χ1v) is 7.38. The summed E-state index contributed by atoms with van der Waals surface area (Å²) in [5.41, 5.74) is 0.775. The van der Waals surface area contributed by atoms with E-state index in [9.17, 15) is 4.79 Å². The van der Waals surface area contributed by atoms with Crippen molar-refractivity contribution in [3.8, 4) is 0 Å². The van der Waals surface area contributed by atoms with Gasteiger partial charge < -0.3 is 4.90 Å². The van der Waals surface area contributed by atoms with E-state index in [0.29, 0.717) is 0 Å². The second kappa shape index (κ2) is 9.11. The van der Waals surface area contributed by atoms with Crippen LogP contribution in [0.3, 0.4) is 0 Å². The summed E-state index contributed by atoms with van der Waals surface area (Å²) in [5.74, 6) is 0.118. The molecular weight excluding hydrogens is 230 g/mol. The summed E-state index contributed by atoms with van der Waals surface area (Å²) in [7, 11) is 0. The number of hydrogen-bond donors (Lipinski definition) is 0. The van der Waals surface area contributed by atoms with Gasteiger partial charge in [0.1, 0.15) is 0 Å². The van der Waals surface area contributed by atoms with Crippen molar-refractivity contribution in [1.29, 1.82) is 0 Å². The number of rotatable bonds is 4. The first-order chi connectivity index (χ1) is 8.22. The molecule has 0 heterocycles. The minimum absolute atomic E-state index is 0.118. The zero-order valence-electron chi connectivity index (χ0n) is 11.5. The third-order valence-corrected chi connectivity index (χ3v) is 3.13. The van der Waals surface area contributed by atoms with Gasteiger partial charge in [0.15, 0.2) is 0 Å². The predicted octanol–water partition coefficient (Wildman–Crippen LogP) is 3.92. The highest BCUT2D eigenvalue weighted by atomic mass is 32.2. The normalized spacial score (nSPS) is 9.24. The largest absolute Gasteiger partial charge is 0.339 e. The molecule has 0 N–H and O–H groups in total. The molecule has 0 saturated heterocycles. The first kappa shape index (κ1) is 16.0. The quantitative estimate of drug-likeness (QED) is 0.758. The first-order valence-electron chi connectivity index (χ1n) is 6.16. The molecule has 0 spiro atoms. The lowest BCUT2D eigenvalue weighted by Crippen LogP contribution is -2.30. The molecule has 0 aromatic heterocycles. The summed E-state index contributed by atoms with van der Waals surface area (Å²) in [6.45, 7) is 9.52. The minimum atomic E-state index is 0.118. The van der Waals surface area contributed by atoms with Gasteiger partial charge in [-0.3, -0.25) is 4.79 Å². The Balaban J connectivity index is 0.00000121. The number of benzene rings is 1. The zero-order valence-corrected chi connectivity index (χ0v) is 12.3. The van der Waals surface area contributed by atoms with E-state index >= 15 is 0 Å². The minimum Gasteiger partial charge on any atom is -0.339 e. The Kier molecular flexibility index (Phi) is 8.60. The second-order valence-electron chi connectivity index (χ2n) is 3.21. The molecule has 1 amide bonds. The lowest BCUT2D eigenvalue weighted by atomic mass is 10.2. The van der Waals surface area contributed by atoms with E-state index < -0.39 is 0 Å². The molecule has 1 aromatic rings. The Labute approximate surface area is 109 Å². The predicted molar refractivity (Wildman–Crippen MR) is 76.8 cm³/mol. The van der Waals surface area contributed by atoms with Gasteiger partial charge >= 0.3 is 0 Å². The van der Waals surface area contributed by atoms with Crippen LogP contribution in [-0.2, 0) is 0 Å². The van der Waals surface area contributed by atoms with E-state index in [4.69, 9.17) is 0 Å². The molecule has 3 heteroatoms. The van der Waals surface area contributed by atoms with Crippen molar-refractivity contribution in [2.45, 2.75) is 32.6 Å². The van der Waals surface area contributed by atoms with Crippen LogP contribution in [-0.4, -0.2) is 30.2 Å². The number of amides is 1. The molecule has 0 aliphatic carbocycles. The average Bonchev–Trinajstić information content (AvgIpc) is 2.42. The maximum atomic E-state index is 11.9. The molecule has 0 bridgehead atoms. The molecular formula is C14H23NOS. The van der Waals surface area contributed by atoms with Crippen molar-refractivity contribution in [3.63, 3.8) is 0 Å². The Morgan fingerprint density at radius 1 is 1.12 bits per heavy atom. The molecule has 1 aromatic carbocycles. The van der Waals surface area contributed by atoms with Gasteiger partial charge in [-0.2, -0.15) is 0 Å². The van der Waals surface area contributed by atoms with Crippen molar-refractivity contribution >= 4 is 17.7 Å². The fourth-order valence-electron chi connectivity index (χ4n) is 1.43. The van der Waals surface area contributed by atoms with Crippen LogP contribution in [0.5, 0.6) is 0 Å². The molecule has 0 radical (unpaired) electrons. The van der Waals surface area contributed by atoms with Gasteiger partial charge in [-0.15, -0.1) is 11.8 Å². The Morgan fingerprint density at radius 3 is 1.94 bits per heavy atom. The van der Waals surface area contributed by atoms with E-state index in [0.717, 1.165) is 18.7 Å². The number of hydrogen-bond acceptors (Lipinski definition) is 2. The summed E-state index contributed by atoms with van der Waals surface area (Å²) < 4.78 is 0. The van der Waals surface area contributed by atoms with Gasteiger partial charge in [-0.05, 0) is 44.4 Å². The van der Waals surface area contributed by atoms with E-state index in [1.165, 1.54) is 4.90 Å².